The van der Waals surface area contributed by atoms with Crippen LogP contribution in [0.2, 0.25) is 0 Å². The molecule has 0 aliphatic carbocycles. The number of ether oxygens (including phenoxy) is 1. The Labute approximate surface area is 181 Å². The van der Waals surface area contributed by atoms with Crippen molar-refractivity contribution in [3.63, 3.8) is 0 Å². The third kappa shape index (κ3) is 4.06. The maximum atomic E-state index is 14.4. The molecule has 0 spiro atoms. The number of aryl methyl sites for hydroxylation is 1. The fourth-order valence-corrected chi connectivity index (χ4v) is 4.26. The van der Waals surface area contributed by atoms with Crippen molar-refractivity contribution in [2.45, 2.75) is 20.0 Å². The summed E-state index contributed by atoms with van der Waals surface area (Å²) >= 11 is 1.18. The number of carboxylic acid groups (broad SMARTS) is 1. The van der Waals surface area contributed by atoms with E-state index >= 15 is 0 Å². The van der Waals surface area contributed by atoms with Crippen LogP contribution in [0.1, 0.15) is 24.2 Å². The standard InChI is InChI=1S/C23H18F2N2O3S/c1-13-8-10-17(24)20(21(13)25)14(2)30-16-9-11-18-19(12-16)31-22(26-18)27(23(28)29)15-6-4-3-5-7-15/h3-12,14H,1-2H3,(H,28,29). The molecule has 0 saturated carbocycles. The topological polar surface area (TPSA) is 62.7 Å². The van der Waals surface area contributed by atoms with Crippen molar-refractivity contribution >= 4 is 38.5 Å². The highest BCUT2D eigenvalue weighted by molar-refractivity contribution is 7.22. The molecule has 0 fully saturated rings. The lowest BCUT2D eigenvalue weighted by Crippen LogP contribution is -2.23. The quantitative estimate of drug-likeness (QED) is 0.369. The first kappa shape index (κ1) is 20.7. The third-order valence-corrected chi connectivity index (χ3v) is 5.79. The normalized spacial score (nSPS) is 12.0. The molecular formula is C23H18F2N2O3S. The number of aromatic nitrogens is 1. The van der Waals surface area contributed by atoms with Crippen molar-refractivity contribution in [3.05, 3.63) is 83.4 Å². The van der Waals surface area contributed by atoms with E-state index in [4.69, 9.17) is 4.74 Å². The molecule has 1 amide bonds. The molecule has 1 heterocycles. The highest BCUT2D eigenvalue weighted by Gasteiger charge is 2.22. The number of carbonyl (C=O) groups is 1. The van der Waals surface area contributed by atoms with Gasteiger partial charge in [-0.25, -0.2) is 23.5 Å². The van der Waals surface area contributed by atoms with Crippen molar-refractivity contribution in [2.24, 2.45) is 0 Å². The summed E-state index contributed by atoms with van der Waals surface area (Å²) in [5.74, 6) is -0.901. The van der Waals surface area contributed by atoms with Crippen molar-refractivity contribution < 1.29 is 23.4 Å². The Morgan fingerprint density at radius 3 is 2.58 bits per heavy atom. The van der Waals surface area contributed by atoms with Crippen LogP contribution in [0.4, 0.5) is 24.4 Å². The lowest BCUT2D eigenvalue weighted by Gasteiger charge is -2.17. The minimum Gasteiger partial charge on any atom is -0.486 e. The second-order valence-corrected chi connectivity index (χ2v) is 7.94. The highest BCUT2D eigenvalue weighted by Crippen LogP contribution is 2.36. The summed E-state index contributed by atoms with van der Waals surface area (Å²) in [5.41, 5.74) is 1.27. The van der Waals surface area contributed by atoms with Gasteiger partial charge in [0.05, 0.1) is 21.5 Å². The molecular weight excluding hydrogens is 422 g/mol. The molecule has 0 radical (unpaired) electrons. The van der Waals surface area contributed by atoms with Gasteiger partial charge in [0.25, 0.3) is 0 Å². The van der Waals surface area contributed by atoms with Crippen LogP contribution in [0.25, 0.3) is 10.2 Å². The van der Waals surface area contributed by atoms with Gasteiger partial charge in [0, 0.05) is 0 Å². The summed E-state index contributed by atoms with van der Waals surface area (Å²) in [5, 5.41) is 9.96. The van der Waals surface area contributed by atoms with Gasteiger partial charge < -0.3 is 9.84 Å². The molecule has 5 nitrogen and oxygen atoms in total. The largest absolute Gasteiger partial charge is 0.486 e. The minimum atomic E-state index is -1.15. The van der Waals surface area contributed by atoms with Crippen LogP contribution in [-0.4, -0.2) is 16.2 Å². The van der Waals surface area contributed by atoms with E-state index in [9.17, 15) is 18.7 Å². The summed E-state index contributed by atoms with van der Waals surface area (Å²) in [6.07, 6.45) is -2.01. The molecule has 1 unspecified atom stereocenters. The molecule has 8 heteroatoms. The monoisotopic (exact) mass is 440 g/mol. The fraction of sp³-hybridized carbons (Fsp3) is 0.130. The fourth-order valence-electron chi connectivity index (χ4n) is 3.26. The predicted molar refractivity (Wildman–Crippen MR) is 116 cm³/mol. The smallest absolute Gasteiger partial charge is 0.418 e. The SMILES string of the molecule is Cc1ccc(F)c(C(C)Oc2ccc3nc(N(C(=O)O)c4ccccc4)sc3c2)c1F. The summed E-state index contributed by atoms with van der Waals surface area (Å²) in [7, 11) is 0. The van der Waals surface area contributed by atoms with E-state index in [1.165, 1.54) is 23.5 Å². The zero-order valence-electron chi connectivity index (χ0n) is 16.7. The van der Waals surface area contributed by atoms with Gasteiger partial charge in [0.15, 0.2) is 0 Å². The Morgan fingerprint density at radius 1 is 1.13 bits per heavy atom. The number of halogens is 2. The molecule has 1 aromatic heterocycles. The van der Waals surface area contributed by atoms with Gasteiger partial charge in [-0.05, 0) is 55.8 Å². The second-order valence-electron chi connectivity index (χ2n) is 6.93. The molecule has 1 N–H and O–H groups in total. The van der Waals surface area contributed by atoms with Crippen LogP contribution in [-0.2, 0) is 0 Å². The summed E-state index contributed by atoms with van der Waals surface area (Å²) < 4.78 is 35.1. The molecule has 31 heavy (non-hydrogen) atoms. The summed E-state index contributed by atoms with van der Waals surface area (Å²) in [6.45, 7) is 3.14. The van der Waals surface area contributed by atoms with Gasteiger partial charge in [-0.15, -0.1) is 0 Å². The van der Waals surface area contributed by atoms with Gasteiger partial charge in [-0.2, -0.15) is 0 Å². The first-order valence-corrected chi connectivity index (χ1v) is 10.3. The Kier molecular flexibility index (Phi) is 5.56. The Hall–Kier alpha value is -3.52. The van der Waals surface area contributed by atoms with E-state index in [0.717, 1.165) is 4.90 Å². The molecule has 158 valence electrons. The molecule has 0 aliphatic rings. The lowest BCUT2D eigenvalue weighted by molar-refractivity contribution is 0.204. The Morgan fingerprint density at radius 2 is 1.87 bits per heavy atom. The number of hydrogen-bond donors (Lipinski definition) is 1. The van der Waals surface area contributed by atoms with Crippen LogP contribution >= 0.6 is 11.3 Å². The number of anilines is 2. The van der Waals surface area contributed by atoms with Crippen LogP contribution in [0.5, 0.6) is 5.75 Å². The number of nitrogens with zero attached hydrogens (tertiary/aromatic N) is 2. The predicted octanol–water partition coefficient (Wildman–Crippen LogP) is 6.84. The number of fused-ring (bicyclic) bond motifs is 1. The number of hydrogen-bond acceptors (Lipinski definition) is 4. The number of amides is 1. The molecule has 3 aromatic carbocycles. The average molecular weight is 440 g/mol. The van der Waals surface area contributed by atoms with Gasteiger partial charge >= 0.3 is 6.09 Å². The number of rotatable bonds is 5. The van der Waals surface area contributed by atoms with Crippen molar-refractivity contribution in [1.82, 2.24) is 4.98 Å². The zero-order valence-corrected chi connectivity index (χ0v) is 17.5. The van der Waals surface area contributed by atoms with Crippen molar-refractivity contribution in [2.75, 3.05) is 4.90 Å². The number of para-hydroxylation sites is 1. The van der Waals surface area contributed by atoms with Gasteiger partial charge in [-0.3, -0.25) is 0 Å². The van der Waals surface area contributed by atoms with Crippen LogP contribution in [0, 0.1) is 18.6 Å². The van der Waals surface area contributed by atoms with Crippen LogP contribution in [0.15, 0.2) is 60.7 Å². The molecule has 1 atom stereocenters. The Bertz CT molecular complexity index is 1260. The zero-order chi connectivity index (χ0) is 22.1. The van der Waals surface area contributed by atoms with Crippen LogP contribution in [0.3, 0.4) is 0 Å². The molecule has 4 aromatic rings. The Balaban J connectivity index is 1.65. The minimum absolute atomic E-state index is 0.133. The third-order valence-electron chi connectivity index (χ3n) is 4.78. The highest BCUT2D eigenvalue weighted by atomic mass is 32.1. The summed E-state index contributed by atoms with van der Waals surface area (Å²) in [4.78, 5) is 17.4. The summed E-state index contributed by atoms with van der Waals surface area (Å²) in [6, 6.07) is 16.3. The first-order chi connectivity index (χ1) is 14.8. The average Bonchev–Trinajstić information content (AvgIpc) is 3.14. The van der Waals surface area contributed by atoms with Crippen LogP contribution < -0.4 is 9.64 Å². The lowest BCUT2D eigenvalue weighted by atomic mass is 10.1. The number of benzene rings is 3. The second kappa shape index (κ2) is 8.31. The van der Waals surface area contributed by atoms with E-state index in [0.29, 0.717) is 27.2 Å². The number of thiazole rings is 1. The van der Waals surface area contributed by atoms with Gasteiger partial charge in [0.2, 0.25) is 5.13 Å². The van der Waals surface area contributed by atoms with E-state index < -0.39 is 23.8 Å². The molecule has 0 aliphatic heterocycles. The van der Waals surface area contributed by atoms with E-state index in [1.54, 1.807) is 62.4 Å². The molecule has 4 rings (SSSR count). The van der Waals surface area contributed by atoms with Crippen molar-refractivity contribution in [3.8, 4) is 5.75 Å². The van der Waals surface area contributed by atoms with Gasteiger partial charge in [0.1, 0.15) is 23.5 Å². The maximum Gasteiger partial charge on any atom is 0.418 e. The van der Waals surface area contributed by atoms with Gasteiger partial charge in [-0.1, -0.05) is 35.6 Å². The maximum absolute atomic E-state index is 14.4. The van der Waals surface area contributed by atoms with E-state index in [2.05, 4.69) is 4.98 Å². The first-order valence-electron chi connectivity index (χ1n) is 9.45. The molecule has 0 bridgehead atoms. The van der Waals surface area contributed by atoms with Crippen molar-refractivity contribution in [1.29, 1.82) is 0 Å². The molecule has 0 saturated heterocycles. The van der Waals surface area contributed by atoms with E-state index in [-0.39, 0.29) is 10.7 Å². The van der Waals surface area contributed by atoms with E-state index in [1.807, 2.05) is 0 Å².